The highest BCUT2D eigenvalue weighted by molar-refractivity contribution is 7.89. The predicted octanol–water partition coefficient (Wildman–Crippen LogP) is 1.22. The third-order valence-electron chi connectivity index (χ3n) is 4.01. The molecule has 0 radical (unpaired) electrons. The Morgan fingerprint density at radius 2 is 1.96 bits per heavy atom. The van der Waals surface area contributed by atoms with Gasteiger partial charge in [0.15, 0.2) is 21.4 Å². The molecule has 13 heteroatoms. The standard InChI is InChI=1S/C13H16F3N5O4S/c14-13(15,16)12-10(6-25-18-12)7-26(22,23)8-11-17-19-20-21(11)5-9-1-3-24-4-2-9/h6,9H,1-5,7-8H2. The third kappa shape index (κ3) is 4.58. The van der Waals surface area contributed by atoms with Crippen LogP contribution in [0.15, 0.2) is 10.8 Å². The van der Waals surface area contributed by atoms with Gasteiger partial charge in [0.2, 0.25) is 0 Å². The second-order valence-electron chi connectivity index (χ2n) is 6.05. The van der Waals surface area contributed by atoms with Gasteiger partial charge < -0.3 is 9.26 Å². The summed E-state index contributed by atoms with van der Waals surface area (Å²) in [5.74, 6) is -1.11. The van der Waals surface area contributed by atoms with Crippen molar-refractivity contribution in [1.29, 1.82) is 0 Å². The van der Waals surface area contributed by atoms with Crippen molar-refractivity contribution in [3.63, 3.8) is 0 Å². The monoisotopic (exact) mass is 395 g/mol. The van der Waals surface area contributed by atoms with Crippen molar-refractivity contribution in [2.45, 2.75) is 37.1 Å². The van der Waals surface area contributed by atoms with Gasteiger partial charge in [-0.2, -0.15) is 13.2 Å². The number of sulfone groups is 1. The van der Waals surface area contributed by atoms with Crippen molar-refractivity contribution in [1.82, 2.24) is 25.4 Å². The molecule has 0 aliphatic carbocycles. The summed E-state index contributed by atoms with van der Waals surface area (Å²) in [4.78, 5) is 0. The predicted molar refractivity (Wildman–Crippen MR) is 79.2 cm³/mol. The quantitative estimate of drug-likeness (QED) is 0.718. The summed E-state index contributed by atoms with van der Waals surface area (Å²) in [6, 6.07) is 0. The van der Waals surface area contributed by atoms with E-state index in [0.717, 1.165) is 12.8 Å². The number of tetrazole rings is 1. The number of alkyl halides is 3. The fourth-order valence-corrected chi connectivity index (χ4v) is 4.10. The summed E-state index contributed by atoms with van der Waals surface area (Å²) in [5, 5.41) is 13.8. The number of hydrogen-bond acceptors (Lipinski definition) is 8. The Hall–Kier alpha value is -2.02. The van der Waals surface area contributed by atoms with Gasteiger partial charge in [-0.3, -0.25) is 0 Å². The molecule has 0 bridgehead atoms. The maximum absolute atomic E-state index is 12.8. The average Bonchev–Trinajstić information content (AvgIpc) is 3.17. The minimum atomic E-state index is -4.79. The molecule has 144 valence electrons. The first kappa shape index (κ1) is 18.8. The van der Waals surface area contributed by atoms with E-state index in [1.165, 1.54) is 4.68 Å². The number of hydrogen-bond donors (Lipinski definition) is 0. The lowest BCUT2D eigenvalue weighted by Gasteiger charge is -2.21. The van der Waals surface area contributed by atoms with Crippen LogP contribution >= 0.6 is 0 Å². The molecule has 0 N–H and O–H groups in total. The lowest BCUT2D eigenvalue weighted by molar-refractivity contribution is -0.143. The number of nitrogens with zero attached hydrogens (tertiary/aromatic N) is 5. The minimum Gasteiger partial charge on any atom is -0.381 e. The molecule has 1 fully saturated rings. The summed E-state index contributed by atoms with van der Waals surface area (Å²) in [6.45, 7) is 1.67. The second kappa shape index (κ2) is 7.31. The lowest BCUT2D eigenvalue weighted by atomic mass is 10.0. The molecule has 0 spiro atoms. The molecule has 0 saturated carbocycles. The molecular weight excluding hydrogens is 379 g/mol. The van der Waals surface area contributed by atoms with Crippen LogP contribution in [0.4, 0.5) is 13.2 Å². The fraction of sp³-hybridized carbons (Fsp3) is 0.692. The van der Waals surface area contributed by atoms with E-state index < -0.39 is 38.8 Å². The molecule has 0 amide bonds. The molecule has 1 aliphatic rings. The van der Waals surface area contributed by atoms with Crippen molar-refractivity contribution in [2.24, 2.45) is 5.92 Å². The van der Waals surface area contributed by atoms with Crippen molar-refractivity contribution < 1.29 is 30.8 Å². The molecule has 9 nitrogen and oxygen atoms in total. The van der Waals surface area contributed by atoms with Crippen molar-refractivity contribution in [2.75, 3.05) is 13.2 Å². The Labute approximate surface area is 146 Å². The fourth-order valence-electron chi connectivity index (χ4n) is 2.72. The van der Waals surface area contributed by atoms with Crippen molar-refractivity contribution in [3.8, 4) is 0 Å². The first-order chi connectivity index (χ1) is 12.2. The molecule has 26 heavy (non-hydrogen) atoms. The summed E-state index contributed by atoms with van der Waals surface area (Å²) in [7, 11) is -3.96. The average molecular weight is 395 g/mol. The maximum Gasteiger partial charge on any atom is 0.437 e. The van der Waals surface area contributed by atoms with E-state index in [4.69, 9.17) is 4.74 Å². The summed E-state index contributed by atoms with van der Waals surface area (Å²) in [6.07, 6.45) is -2.49. The molecule has 2 aromatic rings. The number of rotatable bonds is 6. The molecule has 3 rings (SSSR count). The highest BCUT2D eigenvalue weighted by Crippen LogP contribution is 2.31. The molecule has 0 unspecified atom stereocenters. The van der Waals surface area contributed by atoms with Crippen LogP contribution in [0.25, 0.3) is 0 Å². The van der Waals surface area contributed by atoms with E-state index in [2.05, 4.69) is 25.2 Å². The van der Waals surface area contributed by atoms with Crippen LogP contribution in [-0.2, 0) is 38.8 Å². The van der Waals surface area contributed by atoms with Gasteiger partial charge >= 0.3 is 6.18 Å². The summed E-state index contributed by atoms with van der Waals surface area (Å²) in [5.41, 5.74) is -1.89. The van der Waals surface area contributed by atoms with E-state index >= 15 is 0 Å². The van der Waals surface area contributed by atoms with Crippen LogP contribution in [0.5, 0.6) is 0 Å². The first-order valence-corrected chi connectivity index (χ1v) is 9.60. The minimum absolute atomic E-state index is 0.0847. The lowest BCUT2D eigenvalue weighted by Crippen LogP contribution is -2.23. The highest BCUT2D eigenvalue weighted by Gasteiger charge is 2.38. The molecule has 3 heterocycles. The van der Waals surface area contributed by atoms with Gasteiger partial charge in [0.05, 0.1) is 5.75 Å². The number of aromatic nitrogens is 5. The van der Waals surface area contributed by atoms with Gasteiger partial charge in [-0.05, 0) is 29.2 Å². The van der Waals surface area contributed by atoms with E-state index in [0.29, 0.717) is 26.0 Å². The van der Waals surface area contributed by atoms with Gasteiger partial charge in [0.25, 0.3) is 0 Å². The maximum atomic E-state index is 12.8. The van der Waals surface area contributed by atoms with E-state index in [1.807, 2.05) is 0 Å². The van der Waals surface area contributed by atoms with Crippen molar-refractivity contribution in [3.05, 3.63) is 23.3 Å². The SMILES string of the molecule is O=S(=O)(Cc1conc1C(F)(F)F)Cc1nnnn1CC1CCOCC1. The topological polar surface area (TPSA) is 113 Å². The normalized spacial score (nSPS) is 16.9. The Bertz CT molecular complexity index is 842. The zero-order valence-corrected chi connectivity index (χ0v) is 14.3. The van der Waals surface area contributed by atoms with Crippen LogP contribution in [0.2, 0.25) is 0 Å². The Morgan fingerprint density at radius 1 is 1.23 bits per heavy atom. The largest absolute Gasteiger partial charge is 0.437 e. The molecule has 0 aromatic carbocycles. The van der Waals surface area contributed by atoms with E-state index in [-0.39, 0.29) is 11.7 Å². The van der Waals surface area contributed by atoms with Crippen LogP contribution < -0.4 is 0 Å². The van der Waals surface area contributed by atoms with E-state index in [9.17, 15) is 21.6 Å². The van der Waals surface area contributed by atoms with Crippen molar-refractivity contribution >= 4 is 9.84 Å². The smallest absolute Gasteiger partial charge is 0.381 e. The second-order valence-corrected chi connectivity index (χ2v) is 8.12. The third-order valence-corrected chi connectivity index (χ3v) is 5.46. The molecular formula is C13H16F3N5O4S. The molecule has 0 atom stereocenters. The van der Waals surface area contributed by atoms with E-state index in [1.54, 1.807) is 0 Å². The van der Waals surface area contributed by atoms with Crippen LogP contribution in [0.1, 0.15) is 29.9 Å². The molecule has 1 saturated heterocycles. The molecule has 1 aliphatic heterocycles. The first-order valence-electron chi connectivity index (χ1n) is 7.78. The number of ether oxygens (including phenoxy) is 1. The molecule has 2 aromatic heterocycles. The zero-order chi connectivity index (χ0) is 18.8. The van der Waals surface area contributed by atoms with Gasteiger partial charge in [-0.15, -0.1) is 5.10 Å². The van der Waals surface area contributed by atoms with Gasteiger partial charge in [0, 0.05) is 25.3 Å². The Morgan fingerprint density at radius 3 is 2.65 bits per heavy atom. The Kier molecular flexibility index (Phi) is 5.27. The Balaban J connectivity index is 1.71. The number of halogens is 3. The van der Waals surface area contributed by atoms with Gasteiger partial charge in [-0.1, -0.05) is 5.16 Å². The van der Waals surface area contributed by atoms with Crippen LogP contribution in [0.3, 0.4) is 0 Å². The van der Waals surface area contributed by atoms with Crippen LogP contribution in [-0.4, -0.2) is 47.0 Å². The van der Waals surface area contributed by atoms with Crippen LogP contribution in [0, 0.1) is 5.92 Å². The summed E-state index contributed by atoms with van der Waals surface area (Å²) < 4.78 is 74.0. The zero-order valence-electron chi connectivity index (χ0n) is 13.5. The van der Waals surface area contributed by atoms with Gasteiger partial charge in [0.1, 0.15) is 12.0 Å². The highest BCUT2D eigenvalue weighted by atomic mass is 32.2. The van der Waals surface area contributed by atoms with Gasteiger partial charge in [-0.25, -0.2) is 13.1 Å². The summed E-state index contributed by atoms with van der Waals surface area (Å²) >= 11 is 0.